The molecule has 2 bridgehead atoms. The number of hydrogen-bond acceptors (Lipinski definition) is 5. The van der Waals surface area contributed by atoms with Crippen LogP contribution in [-0.4, -0.2) is 35.1 Å². The first kappa shape index (κ1) is 21.5. The molecule has 1 amide bonds. The molecule has 0 N–H and O–H groups in total. The normalized spacial score (nSPS) is 19.4. The maximum absolute atomic E-state index is 13.0. The number of ether oxygens (including phenoxy) is 1. The topological polar surface area (TPSA) is 81.8 Å². The van der Waals surface area contributed by atoms with Gasteiger partial charge in [0.2, 0.25) is 0 Å². The third-order valence-corrected chi connectivity index (χ3v) is 6.90. The van der Waals surface area contributed by atoms with Crippen molar-refractivity contribution in [2.45, 2.75) is 45.6 Å². The molecule has 2 atom stereocenters. The molecule has 33 heavy (non-hydrogen) atoms. The van der Waals surface area contributed by atoms with E-state index in [2.05, 4.69) is 6.92 Å². The largest absolute Gasteiger partial charge is 0.483 e. The molecule has 0 aliphatic carbocycles. The molecular formula is C26H28N2O5. The lowest BCUT2D eigenvalue weighted by Gasteiger charge is -2.42. The van der Waals surface area contributed by atoms with E-state index < -0.39 is 0 Å². The van der Waals surface area contributed by atoms with Crippen LogP contribution < -0.4 is 15.9 Å². The van der Waals surface area contributed by atoms with Crippen molar-refractivity contribution in [3.63, 3.8) is 0 Å². The number of likely N-dealkylation sites (tertiary alicyclic amines) is 1. The number of nitrogens with zero attached hydrogens (tertiary/aromatic N) is 2. The van der Waals surface area contributed by atoms with Gasteiger partial charge in [-0.1, -0.05) is 19.4 Å². The Morgan fingerprint density at radius 3 is 2.82 bits per heavy atom. The van der Waals surface area contributed by atoms with Crippen LogP contribution in [0.2, 0.25) is 0 Å². The van der Waals surface area contributed by atoms with Crippen molar-refractivity contribution < 1.29 is 13.9 Å². The van der Waals surface area contributed by atoms with Crippen LogP contribution in [0.25, 0.3) is 11.0 Å². The molecule has 0 spiro atoms. The lowest BCUT2D eigenvalue weighted by Crippen LogP contribution is -2.50. The molecule has 0 unspecified atom stereocenters. The minimum Gasteiger partial charge on any atom is -0.483 e. The van der Waals surface area contributed by atoms with Gasteiger partial charge in [-0.3, -0.25) is 9.59 Å². The zero-order chi connectivity index (χ0) is 23.1. The number of rotatable bonds is 5. The molecule has 2 aliphatic rings. The zero-order valence-electron chi connectivity index (χ0n) is 19.0. The highest BCUT2D eigenvalue weighted by Gasteiger charge is 2.36. The summed E-state index contributed by atoms with van der Waals surface area (Å²) >= 11 is 0. The molecule has 7 heteroatoms. The summed E-state index contributed by atoms with van der Waals surface area (Å²) in [6, 6.07) is 10.7. The smallest absolute Gasteiger partial charge is 0.336 e. The van der Waals surface area contributed by atoms with Crippen molar-refractivity contribution in [3.8, 4) is 5.75 Å². The Morgan fingerprint density at radius 1 is 1.15 bits per heavy atom. The standard InChI is InChI=1S/C26H28N2O5/c1-3-5-18-11-25(31)33-26-16(2)22(9-8-20(18)26)32-15-24(30)27-12-17-10-19(14-27)21-6-4-7-23(29)28(21)13-17/h4,6-9,11,17,19H,3,5,10,12-15H2,1-2H3/t17-,19-/m0/s1. The number of aryl methyl sites for hydroxylation is 2. The number of hydrogen-bond donors (Lipinski definition) is 0. The molecule has 4 heterocycles. The van der Waals surface area contributed by atoms with Gasteiger partial charge >= 0.3 is 5.63 Å². The maximum Gasteiger partial charge on any atom is 0.336 e. The van der Waals surface area contributed by atoms with Crippen LogP contribution in [-0.2, 0) is 17.8 Å². The third-order valence-electron chi connectivity index (χ3n) is 6.90. The fraction of sp³-hybridized carbons (Fsp3) is 0.423. The summed E-state index contributed by atoms with van der Waals surface area (Å²) in [4.78, 5) is 39.1. The second-order valence-corrected chi connectivity index (χ2v) is 9.19. The summed E-state index contributed by atoms with van der Waals surface area (Å²) in [5, 5.41) is 0.908. The minimum atomic E-state index is -0.374. The Labute approximate surface area is 191 Å². The first-order valence-corrected chi connectivity index (χ1v) is 11.6. The van der Waals surface area contributed by atoms with Crippen molar-refractivity contribution >= 4 is 16.9 Å². The van der Waals surface area contributed by atoms with Crippen molar-refractivity contribution in [1.82, 2.24) is 9.47 Å². The van der Waals surface area contributed by atoms with E-state index in [4.69, 9.17) is 9.15 Å². The Kier molecular flexibility index (Phi) is 5.56. The molecule has 172 valence electrons. The molecule has 2 aromatic heterocycles. The molecule has 1 aromatic carbocycles. The molecule has 0 saturated carbocycles. The van der Waals surface area contributed by atoms with Gasteiger partial charge in [0.25, 0.3) is 11.5 Å². The number of benzene rings is 1. The van der Waals surface area contributed by atoms with Crippen molar-refractivity contribution in [2.75, 3.05) is 19.7 Å². The van der Waals surface area contributed by atoms with Gasteiger partial charge in [0.05, 0.1) is 0 Å². The fourth-order valence-corrected chi connectivity index (χ4v) is 5.37. The van der Waals surface area contributed by atoms with Gasteiger partial charge in [-0.05, 0) is 49.4 Å². The van der Waals surface area contributed by atoms with Crippen LogP contribution in [0.4, 0.5) is 0 Å². The van der Waals surface area contributed by atoms with E-state index in [0.717, 1.165) is 41.5 Å². The van der Waals surface area contributed by atoms with Crippen LogP contribution in [0.3, 0.4) is 0 Å². The highest BCUT2D eigenvalue weighted by atomic mass is 16.5. The Morgan fingerprint density at radius 2 is 2.00 bits per heavy atom. The third kappa shape index (κ3) is 3.96. The summed E-state index contributed by atoms with van der Waals surface area (Å²) in [6.07, 6.45) is 2.73. The number of carbonyl (C=O) groups is 1. The monoisotopic (exact) mass is 448 g/mol. The van der Waals surface area contributed by atoms with Crippen molar-refractivity contribution in [2.24, 2.45) is 5.92 Å². The zero-order valence-corrected chi connectivity index (χ0v) is 19.0. The van der Waals surface area contributed by atoms with E-state index in [0.29, 0.717) is 31.0 Å². The van der Waals surface area contributed by atoms with Crippen LogP contribution >= 0.6 is 0 Å². The Balaban J connectivity index is 1.32. The van der Waals surface area contributed by atoms with Gasteiger partial charge in [-0.15, -0.1) is 0 Å². The van der Waals surface area contributed by atoms with Gasteiger partial charge in [0.15, 0.2) is 6.61 Å². The average Bonchev–Trinajstić information content (AvgIpc) is 2.79. The summed E-state index contributed by atoms with van der Waals surface area (Å²) in [5.41, 5.74) is 2.88. The first-order valence-electron chi connectivity index (χ1n) is 11.6. The van der Waals surface area contributed by atoms with Gasteiger partial charge in [-0.25, -0.2) is 4.79 Å². The minimum absolute atomic E-state index is 0.0332. The SMILES string of the molecule is CCCc1cc(=O)oc2c(C)c(OCC(=O)N3C[C@@H]4C[C@@H](C3)c3cccc(=O)n3C4)ccc12. The Hall–Kier alpha value is -3.35. The number of carbonyl (C=O) groups excluding carboxylic acids is 1. The first-order chi connectivity index (χ1) is 15.9. The highest BCUT2D eigenvalue weighted by molar-refractivity contribution is 5.85. The van der Waals surface area contributed by atoms with E-state index in [9.17, 15) is 14.4 Å². The molecule has 1 fully saturated rings. The summed E-state index contributed by atoms with van der Waals surface area (Å²) in [5.74, 6) is 0.914. The van der Waals surface area contributed by atoms with Crippen molar-refractivity contribution in [3.05, 3.63) is 74.0 Å². The van der Waals surface area contributed by atoms with Crippen LogP contribution in [0.5, 0.6) is 5.75 Å². The number of amides is 1. The second-order valence-electron chi connectivity index (χ2n) is 9.19. The second kappa shape index (κ2) is 8.54. The quantitative estimate of drug-likeness (QED) is 0.560. The van der Waals surface area contributed by atoms with Crippen molar-refractivity contribution in [1.29, 1.82) is 0 Å². The predicted molar refractivity (Wildman–Crippen MR) is 125 cm³/mol. The maximum atomic E-state index is 13.0. The van der Waals surface area contributed by atoms with Crippen LogP contribution in [0.1, 0.15) is 42.5 Å². The van der Waals surface area contributed by atoms with Crippen LogP contribution in [0.15, 0.2) is 50.4 Å². The molecular weight excluding hydrogens is 420 g/mol. The molecule has 3 aromatic rings. The van der Waals surface area contributed by atoms with Crippen LogP contribution in [0, 0.1) is 12.8 Å². The molecule has 7 nitrogen and oxygen atoms in total. The highest BCUT2D eigenvalue weighted by Crippen LogP contribution is 2.35. The van der Waals surface area contributed by atoms with E-state index in [-0.39, 0.29) is 35.5 Å². The lowest BCUT2D eigenvalue weighted by molar-refractivity contribution is -0.136. The summed E-state index contributed by atoms with van der Waals surface area (Å²) in [7, 11) is 0. The summed E-state index contributed by atoms with van der Waals surface area (Å²) in [6.45, 7) is 5.72. The molecule has 2 aliphatic heterocycles. The number of fused-ring (bicyclic) bond motifs is 5. The summed E-state index contributed by atoms with van der Waals surface area (Å²) < 4.78 is 13.2. The number of aromatic nitrogens is 1. The number of piperidine rings is 1. The van der Waals surface area contributed by atoms with E-state index in [1.54, 1.807) is 18.2 Å². The fourth-order valence-electron chi connectivity index (χ4n) is 5.37. The van der Waals surface area contributed by atoms with Gasteiger partial charge in [0, 0.05) is 54.3 Å². The van der Waals surface area contributed by atoms with Gasteiger partial charge in [0.1, 0.15) is 11.3 Å². The average molecular weight is 449 g/mol. The molecule has 5 rings (SSSR count). The molecule has 1 saturated heterocycles. The van der Waals surface area contributed by atoms with Gasteiger partial charge < -0.3 is 18.6 Å². The lowest BCUT2D eigenvalue weighted by atomic mass is 9.83. The van der Waals surface area contributed by atoms with E-state index in [1.165, 1.54) is 0 Å². The Bertz CT molecular complexity index is 1340. The van der Waals surface area contributed by atoms with E-state index in [1.807, 2.05) is 34.6 Å². The molecule has 0 radical (unpaired) electrons. The van der Waals surface area contributed by atoms with Gasteiger partial charge in [-0.2, -0.15) is 0 Å². The number of pyridine rings is 1. The van der Waals surface area contributed by atoms with E-state index >= 15 is 0 Å². The predicted octanol–water partition coefficient (Wildman–Crippen LogP) is 3.24.